The number of hydrogen-bond donors (Lipinski definition) is 2. The number of benzene rings is 2. The number of rotatable bonds is 3. The smallest absolute Gasteiger partial charge is 0.120 e. The second kappa shape index (κ2) is 6.07. The maximum Gasteiger partial charge on any atom is 0.120 e. The first-order valence-electron chi connectivity index (χ1n) is 8.08. The molecule has 0 bridgehead atoms. The van der Waals surface area contributed by atoms with Gasteiger partial charge in [-0.3, -0.25) is 0 Å². The largest absolute Gasteiger partial charge is 0.508 e. The zero-order valence-corrected chi connectivity index (χ0v) is 13.0. The molecule has 3 unspecified atom stereocenters. The number of phenolic OH excluding ortho intramolecular Hbond substituents is 1. The third-order valence-corrected chi connectivity index (χ3v) is 4.99. The lowest BCUT2D eigenvalue weighted by Gasteiger charge is -2.33. The van der Waals surface area contributed by atoms with E-state index >= 15 is 0 Å². The van der Waals surface area contributed by atoms with Crippen LogP contribution >= 0.6 is 0 Å². The molecule has 2 nitrogen and oxygen atoms in total. The quantitative estimate of drug-likeness (QED) is 0.871. The van der Waals surface area contributed by atoms with E-state index in [0.29, 0.717) is 17.7 Å². The highest BCUT2D eigenvalue weighted by molar-refractivity contribution is 5.87. The van der Waals surface area contributed by atoms with Crippen molar-refractivity contribution in [3.05, 3.63) is 42.0 Å². The van der Waals surface area contributed by atoms with Gasteiger partial charge in [0.05, 0.1) is 0 Å². The van der Waals surface area contributed by atoms with Crippen LogP contribution in [0.5, 0.6) is 5.75 Å². The van der Waals surface area contributed by atoms with E-state index in [1.54, 1.807) is 0 Å². The summed E-state index contributed by atoms with van der Waals surface area (Å²) in [7, 11) is 0. The van der Waals surface area contributed by atoms with Gasteiger partial charge >= 0.3 is 0 Å². The predicted octanol–water partition coefficient (Wildman–Crippen LogP) is 4.46. The minimum absolute atomic E-state index is 0.401. The van der Waals surface area contributed by atoms with E-state index in [0.717, 1.165) is 23.4 Å². The van der Waals surface area contributed by atoms with Crippen molar-refractivity contribution >= 4 is 10.8 Å². The maximum atomic E-state index is 10.2. The number of nitrogens with one attached hydrogen (secondary N) is 1. The third-order valence-electron chi connectivity index (χ3n) is 4.99. The van der Waals surface area contributed by atoms with Gasteiger partial charge in [0.25, 0.3) is 0 Å². The average molecular weight is 283 g/mol. The zero-order valence-electron chi connectivity index (χ0n) is 13.0. The molecule has 2 heteroatoms. The molecule has 3 atom stereocenters. The minimum Gasteiger partial charge on any atom is -0.508 e. The van der Waals surface area contributed by atoms with Crippen LogP contribution in [0.25, 0.3) is 10.8 Å². The molecule has 112 valence electrons. The van der Waals surface area contributed by atoms with Gasteiger partial charge in [-0.15, -0.1) is 0 Å². The molecule has 2 aromatic rings. The first-order valence-corrected chi connectivity index (χ1v) is 8.08. The third kappa shape index (κ3) is 3.06. The van der Waals surface area contributed by atoms with Gasteiger partial charge in [0.15, 0.2) is 0 Å². The van der Waals surface area contributed by atoms with Crippen LogP contribution in [-0.4, -0.2) is 11.1 Å². The van der Waals surface area contributed by atoms with E-state index in [1.165, 1.54) is 24.6 Å². The molecule has 0 saturated heterocycles. The van der Waals surface area contributed by atoms with Gasteiger partial charge in [-0.25, -0.2) is 0 Å². The standard InChI is InChI=1S/C19H25NO/c1-13-7-9-18(14(2)11-13)20-12-17-16-6-4-3-5-15(16)8-10-19(17)21/h3-6,8,10,13-14,18,20-21H,7,9,11-12H2,1-2H3. The zero-order chi connectivity index (χ0) is 14.8. The van der Waals surface area contributed by atoms with Crippen molar-refractivity contribution in [3.8, 4) is 5.75 Å². The highest BCUT2D eigenvalue weighted by Gasteiger charge is 2.25. The lowest BCUT2D eigenvalue weighted by Crippen LogP contribution is -2.38. The fraction of sp³-hybridized carbons (Fsp3) is 0.474. The summed E-state index contributed by atoms with van der Waals surface area (Å²) in [5.41, 5.74) is 1.03. The van der Waals surface area contributed by atoms with Crippen molar-refractivity contribution in [2.45, 2.75) is 45.7 Å². The minimum atomic E-state index is 0.401. The van der Waals surface area contributed by atoms with Crippen LogP contribution in [-0.2, 0) is 6.54 Å². The van der Waals surface area contributed by atoms with Crippen molar-refractivity contribution < 1.29 is 5.11 Å². The van der Waals surface area contributed by atoms with E-state index in [2.05, 4.69) is 31.3 Å². The van der Waals surface area contributed by atoms with Crippen LogP contribution < -0.4 is 5.32 Å². The summed E-state index contributed by atoms with van der Waals surface area (Å²) in [6, 6.07) is 12.6. The van der Waals surface area contributed by atoms with Crippen LogP contribution in [0.2, 0.25) is 0 Å². The van der Waals surface area contributed by atoms with Crippen LogP contribution in [0, 0.1) is 11.8 Å². The molecule has 0 radical (unpaired) electrons. The topological polar surface area (TPSA) is 32.3 Å². The molecule has 0 aliphatic heterocycles. The van der Waals surface area contributed by atoms with Crippen molar-refractivity contribution in [1.29, 1.82) is 0 Å². The van der Waals surface area contributed by atoms with Crippen LogP contribution in [0.15, 0.2) is 36.4 Å². The van der Waals surface area contributed by atoms with Gasteiger partial charge in [-0.05, 0) is 47.9 Å². The van der Waals surface area contributed by atoms with Gasteiger partial charge in [0.1, 0.15) is 5.75 Å². The molecular weight excluding hydrogens is 258 g/mol. The summed E-state index contributed by atoms with van der Waals surface area (Å²) in [5, 5.41) is 16.2. The fourth-order valence-electron chi connectivity index (χ4n) is 3.71. The summed E-state index contributed by atoms with van der Waals surface area (Å²) >= 11 is 0. The average Bonchev–Trinajstić information content (AvgIpc) is 2.48. The molecular formula is C19H25NO. The second-order valence-corrected chi connectivity index (χ2v) is 6.67. The molecule has 1 saturated carbocycles. The van der Waals surface area contributed by atoms with Gasteiger partial charge < -0.3 is 10.4 Å². The monoisotopic (exact) mass is 283 g/mol. The molecule has 0 spiro atoms. The predicted molar refractivity (Wildman–Crippen MR) is 88.4 cm³/mol. The van der Waals surface area contributed by atoms with Crippen molar-refractivity contribution in [2.75, 3.05) is 0 Å². The Kier molecular flexibility index (Phi) is 4.16. The molecule has 2 N–H and O–H groups in total. The van der Waals surface area contributed by atoms with Crippen LogP contribution in [0.4, 0.5) is 0 Å². The second-order valence-electron chi connectivity index (χ2n) is 6.67. The lowest BCUT2D eigenvalue weighted by molar-refractivity contribution is 0.227. The fourth-order valence-corrected chi connectivity index (χ4v) is 3.71. The van der Waals surface area contributed by atoms with Gasteiger partial charge in [0, 0.05) is 18.2 Å². The molecule has 0 heterocycles. The maximum absolute atomic E-state index is 10.2. The Morgan fingerprint density at radius 2 is 1.90 bits per heavy atom. The summed E-state index contributed by atoms with van der Waals surface area (Å²) in [4.78, 5) is 0. The van der Waals surface area contributed by atoms with Crippen molar-refractivity contribution in [1.82, 2.24) is 5.32 Å². The van der Waals surface area contributed by atoms with Crippen molar-refractivity contribution in [3.63, 3.8) is 0 Å². The molecule has 1 aliphatic carbocycles. The van der Waals surface area contributed by atoms with Gasteiger partial charge in [0.2, 0.25) is 0 Å². The summed E-state index contributed by atoms with van der Waals surface area (Å²) in [6.45, 7) is 5.44. The van der Waals surface area contributed by atoms with Gasteiger partial charge in [-0.2, -0.15) is 0 Å². The summed E-state index contributed by atoms with van der Waals surface area (Å²) in [6.07, 6.45) is 3.86. The first-order chi connectivity index (χ1) is 10.1. The molecule has 1 aliphatic rings. The number of phenols is 1. The van der Waals surface area contributed by atoms with E-state index in [1.807, 2.05) is 24.3 Å². The Morgan fingerprint density at radius 1 is 1.10 bits per heavy atom. The SMILES string of the molecule is CC1CCC(NCc2c(O)ccc3ccccc23)C(C)C1. The van der Waals surface area contributed by atoms with E-state index in [4.69, 9.17) is 0 Å². The van der Waals surface area contributed by atoms with Crippen LogP contribution in [0.1, 0.15) is 38.7 Å². The van der Waals surface area contributed by atoms with Crippen molar-refractivity contribution in [2.24, 2.45) is 11.8 Å². The van der Waals surface area contributed by atoms with Gasteiger partial charge in [-0.1, -0.05) is 44.2 Å². The number of fused-ring (bicyclic) bond motifs is 1. The Hall–Kier alpha value is -1.54. The normalized spacial score (nSPS) is 26.1. The molecule has 0 aromatic heterocycles. The first kappa shape index (κ1) is 14.4. The Balaban J connectivity index is 1.77. The number of aromatic hydroxyl groups is 1. The molecule has 0 amide bonds. The van der Waals surface area contributed by atoms with E-state index in [-0.39, 0.29) is 0 Å². The molecule has 21 heavy (non-hydrogen) atoms. The van der Waals surface area contributed by atoms with E-state index in [9.17, 15) is 5.11 Å². The Bertz CT molecular complexity index is 622. The summed E-state index contributed by atoms with van der Waals surface area (Å²) < 4.78 is 0. The Morgan fingerprint density at radius 3 is 2.71 bits per heavy atom. The Labute approximate surface area is 127 Å². The number of hydrogen-bond acceptors (Lipinski definition) is 2. The molecule has 2 aromatic carbocycles. The highest BCUT2D eigenvalue weighted by atomic mass is 16.3. The van der Waals surface area contributed by atoms with Crippen LogP contribution in [0.3, 0.4) is 0 Å². The lowest BCUT2D eigenvalue weighted by atomic mass is 9.80. The molecule has 3 rings (SSSR count). The summed E-state index contributed by atoms with van der Waals surface area (Å²) in [5.74, 6) is 1.97. The van der Waals surface area contributed by atoms with E-state index < -0.39 is 0 Å². The highest BCUT2D eigenvalue weighted by Crippen LogP contribution is 2.31. The molecule has 1 fully saturated rings.